The maximum Gasteiger partial charge on any atom is 2.00 e. The van der Waals surface area contributed by atoms with Gasteiger partial charge in [0.05, 0.1) is 22.8 Å². The second-order valence-electron chi connectivity index (χ2n) is 21.7. The van der Waals surface area contributed by atoms with Gasteiger partial charge in [-0.2, -0.15) is 0 Å². The zero-order chi connectivity index (χ0) is 45.3. The van der Waals surface area contributed by atoms with Crippen molar-refractivity contribution in [2.24, 2.45) is 0 Å². The minimum absolute atomic E-state index is 0. The Labute approximate surface area is 396 Å². The summed E-state index contributed by atoms with van der Waals surface area (Å²) in [4.78, 5) is 22.1. The fourth-order valence-corrected chi connectivity index (χ4v) is 8.82. The third-order valence-corrected chi connectivity index (χ3v) is 12.8. The monoisotopic (exact) mass is 899 g/mol. The molecule has 0 spiro atoms. The maximum atomic E-state index is 5.52. The molecule has 1 radical (unpaired) electrons. The van der Waals surface area contributed by atoms with E-state index in [1.165, 1.54) is 22.3 Å². The fraction of sp³-hybridized carbons (Fsp3) is 0.267. The van der Waals surface area contributed by atoms with Gasteiger partial charge in [0, 0.05) is 0 Å². The molecule has 2 aliphatic rings. The molecule has 9 rings (SSSR count). The first-order chi connectivity index (χ1) is 30.2. The van der Waals surface area contributed by atoms with E-state index in [4.69, 9.17) is 19.9 Å². The standard InChI is InChI=1S/C60H60N4.Cu/c1-57(2,3)41-21-13-37(14-22-41)53-45-29-31-47(61-45)54(38-15-23-42(24-16-38)58(4,5)6)49-33-35-51(63-49)56(40-19-27-44(28-20-40)60(10,11)12)52-36-34-50(64-52)55(48-32-30-46(53)62-48)39-17-25-43(26-18-39)59(7,8)9;/h13-36H,1-12H3;/q-2;+2. The van der Waals surface area contributed by atoms with Crippen molar-refractivity contribution in [1.82, 2.24) is 19.9 Å². The van der Waals surface area contributed by atoms with Gasteiger partial charge in [-0.05, 0) is 113 Å². The Morgan fingerprint density at radius 1 is 0.277 bits per heavy atom. The Bertz CT molecular complexity index is 2710. The summed E-state index contributed by atoms with van der Waals surface area (Å²) in [5, 5.41) is 0. The molecule has 0 unspecified atom stereocenters. The van der Waals surface area contributed by atoms with E-state index in [-0.39, 0.29) is 38.7 Å². The second-order valence-corrected chi connectivity index (χ2v) is 21.7. The summed E-state index contributed by atoms with van der Waals surface area (Å²) in [7, 11) is 0. The van der Waals surface area contributed by atoms with Crippen LogP contribution in [0.5, 0.6) is 0 Å². The summed E-state index contributed by atoms with van der Waals surface area (Å²) in [6.45, 7) is 27.0. The number of benzene rings is 4. The number of aromatic nitrogens is 4. The van der Waals surface area contributed by atoms with Crippen LogP contribution >= 0.6 is 0 Å². The number of hydrogen-bond acceptors (Lipinski definition) is 2. The molecular weight excluding hydrogens is 840 g/mol. The molecule has 5 heterocycles. The Morgan fingerprint density at radius 3 is 0.631 bits per heavy atom. The summed E-state index contributed by atoms with van der Waals surface area (Å²) in [6, 6.07) is 44.4. The van der Waals surface area contributed by atoms with Crippen LogP contribution in [-0.2, 0) is 38.7 Å². The largest absolute Gasteiger partial charge is 2.00 e. The van der Waals surface area contributed by atoms with Crippen LogP contribution in [0.4, 0.5) is 0 Å². The van der Waals surface area contributed by atoms with Crippen molar-refractivity contribution in [3.8, 4) is 44.5 Å². The van der Waals surface area contributed by atoms with Crippen LogP contribution in [0.1, 0.15) is 128 Å². The SMILES string of the molecule is CC(C)(C)c1ccc(-c2c3nc(c(-c4ccc(C(C)(C)C)cc4)c4ccc([n-]4)c(-c4ccc(C(C)(C)C)cc4)c4nc(c(-c5ccc(C(C)(C)C)cc5)c5ccc2[n-]5)C=C4)C=C3)cc1.[Cu+2]. The molecule has 4 nitrogen and oxygen atoms in total. The number of rotatable bonds is 4. The van der Waals surface area contributed by atoms with Crippen molar-refractivity contribution >= 4 is 46.4 Å². The molecule has 0 N–H and O–H groups in total. The van der Waals surface area contributed by atoms with Crippen molar-refractivity contribution in [1.29, 1.82) is 0 Å². The Balaban J connectivity index is 0.00000576. The smallest absolute Gasteiger partial charge is 0.657 e. The van der Waals surface area contributed by atoms with Gasteiger partial charge >= 0.3 is 17.1 Å². The van der Waals surface area contributed by atoms with Gasteiger partial charge in [-0.3, -0.25) is 0 Å². The van der Waals surface area contributed by atoms with Crippen LogP contribution in [0, 0.1) is 0 Å². The molecule has 0 aliphatic carbocycles. The zero-order valence-corrected chi connectivity index (χ0v) is 40.9. The molecule has 65 heavy (non-hydrogen) atoms. The first-order valence-electron chi connectivity index (χ1n) is 22.7. The summed E-state index contributed by atoms with van der Waals surface area (Å²) < 4.78 is 0. The van der Waals surface area contributed by atoms with Crippen LogP contribution in [0.2, 0.25) is 0 Å². The molecule has 3 aromatic heterocycles. The molecule has 5 heteroatoms. The summed E-state index contributed by atoms with van der Waals surface area (Å²) in [6.07, 6.45) is 8.60. The molecule has 4 aromatic carbocycles. The number of hydrogen-bond donors (Lipinski definition) is 0. The minimum atomic E-state index is 0. The van der Waals surface area contributed by atoms with Gasteiger partial charge in [0.1, 0.15) is 0 Å². The van der Waals surface area contributed by atoms with Crippen LogP contribution in [0.3, 0.4) is 0 Å². The Morgan fingerprint density at radius 2 is 0.462 bits per heavy atom. The van der Waals surface area contributed by atoms with Crippen LogP contribution in [0.15, 0.2) is 121 Å². The molecule has 0 atom stereocenters. The van der Waals surface area contributed by atoms with Gasteiger partial charge in [0.25, 0.3) is 0 Å². The van der Waals surface area contributed by atoms with Crippen molar-refractivity contribution in [3.63, 3.8) is 0 Å². The molecule has 0 saturated carbocycles. The number of nitrogens with zero attached hydrogens (tertiary/aromatic N) is 4. The molecule has 0 fully saturated rings. The Kier molecular flexibility index (Phi) is 11.8. The Hall–Kier alpha value is -6.00. The van der Waals surface area contributed by atoms with E-state index >= 15 is 0 Å². The van der Waals surface area contributed by atoms with Gasteiger partial charge in [0.2, 0.25) is 0 Å². The van der Waals surface area contributed by atoms with Gasteiger partial charge in [-0.25, -0.2) is 9.97 Å². The average Bonchev–Trinajstić information content (AvgIpc) is 4.08. The molecule has 0 amide bonds. The molecule has 8 bridgehead atoms. The predicted molar refractivity (Wildman–Crippen MR) is 273 cm³/mol. The summed E-state index contributed by atoms with van der Waals surface area (Å²) in [5.41, 5.74) is 20.3. The van der Waals surface area contributed by atoms with Gasteiger partial charge in [-0.1, -0.05) is 204 Å². The fourth-order valence-electron chi connectivity index (χ4n) is 8.82. The van der Waals surface area contributed by atoms with Crippen molar-refractivity contribution in [2.75, 3.05) is 0 Å². The molecule has 2 aliphatic heterocycles. The average molecular weight is 901 g/mol. The van der Waals surface area contributed by atoms with E-state index in [0.29, 0.717) is 0 Å². The second kappa shape index (κ2) is 16.8. The van der Waals surface area contributed by atoms with Crippen molar-refractivity contribution < 1.29 is 17.1 Å². The summed E-state index contributed by atoms with van der Waals surface area (Å²) in [5.74, 6) is 0. The van der Waals surface area contributed by atoms with E-state index < -0.39 is 0 Å². The quantitative estimate of drug-likeness (QED) is 0.165. The van der Waals surface area contributed by atoms with E-state index in [9.17, 15) is 0 Å². The van der Waals surface area contributed by atoms with Gasteiger partial charge < -0.3 is 9.97 Å². The number of fused-ring (bicyclic) bond motifs is 8. The maximum absolute atomic E-state index is 5.52. The minimum Gasteiger partial charge on any atom is -0.657 e. The van der Waals surface area contributed by atoms with E-state index in [0.717, 1.165) is 89.4 Å². The van der Waals surface area contributed by atoms with E-state index in [2.05, 4.69) is 229 Å². The van der Waals surface area contributed by atoms with Gasteiger partial charge in [0.15, 0.2) is 0 Å². The van der Waals surface area contributed by atoms with Crippen molar-refractivity contribution in [2.45, 2.75) is 105 Å². The third kappa shape index (κ3) is 9.02. The zero-order valence-electron chi connectivity index (χ0n) is 39.9. The van der Waals surface area contributed by atoms with E-state index in [1.807, 2.05) is 0 Å². The van der Waals surface area contributed by atoms with Crippen LogP contribution in [0.25, 0.3) is 90.9 Å². The third-order valence-electron chi connectivity index (χ3n) is 12.8. The van der Waals surface area contributed by atoms with Crippen molar-refractivity contribution in [3.05, 3.63) is 166 Å². The summed E-state index contributed by atoms with van der Waals surface area (Å²) >= 11 is 0. The normalized spacial score (nSPS) is 13.0. The molecule has 7 aromatic rings. The topological polar surface area (TPSA) is 54.0 Å². The molecule has 331 valence electrons. The first-order valence-corrected chi connectivity index (χ1v) is 22.7. The van der Waals surface area contributed by atoms with Crippen LogP contribution in [-0.4, -0.2) is 9.97 Å². The first kappa shape index (κ1) is 45.6. The predicted octanol–water partition coefficient (Wildman–Crippen LogP) is 15.8. The van der Waals surface area contributed by atoms with Crippen LogP contribution < -0.4 is 9.97 Å². The van der Waals surface area contributed by atoms with E-state index in [1.54, 1.807) is 0 Å². The molecular formula is C60H60CuN4. The van der Waals surface area contributed by atoms with Gasteiger partial charge in [-0.15, -0.1) is 22.1 Å². The molecule has 0 saturated heterocycles.